The van der Waals surface area contributed by atoms with Crippen molar-refractivity contribution in [1.82, 2.24) is 4.90 Å². The number of aromatic hydroxyl groups is 1. The standard InChI is InChI=1S/C28H41N3O4S3/c1-6-7-8-9-11-17-12-10-13-20(32)21(17)23-29-18(14-36-23)24-31(5)19(15-37-24)22(33)27(2,3)25-30-28(4,16-38-25)26(34)35/h10,12-13,18-19,22,24,32-33H,6-9,11,14-16H2,1-5H3,(H,34,35)/t18-,19+,22-,24-,28-/m1/s1. The number of hydrogen-bond acceptors (Lipinski definition) is 9. The molecule has 0 bridgehead atoms. The lowest BCUT2D eigenvalue weighted by molar-refractivity contribution is -0.141. The number of carbonyl (C=O) groups is 1. The number of likely N-dealkylation sites (N-methyl/N-ethyl adjacent to an activating group) is 1. The van der Waals surface area contributed by atoms with E-state index in [-0.39, 0.29) is 17.5 Å². The first kappa shape index (κ1) is 29.8. The van der Waals surface area contributed by atoms with Crippen LogP contribution in [0.15, 0.2) is 28.2 Å². The zero-order chi connectivity index (χ0) is 27.7. The van der Waals surface area contributed by atoms with Crippen LogP contribution >= 0.6 is 35.3 Å². The molecule has 1 aromatic carbocycles. The Morgan fingerprint density at radius 3 is 2.68 bits per heavy atom. The van der Waals surface area contributed by atoms with Crippen LogP contribution in [0.2, 0.25) is 0 Å². The van der Waals surface area contributed by atoms with E-state index in [0.29, 0.717) is 16.5 Å². The van der Waals surface area contributed by atoms with Gasteiger partial charge >= 0.3 is 5.97 Å². The van der Waals surface area contributed by atoms with Gasteiger partial charge in [0.25, 0.3) is 0 Å². The highest BCUT2D eigenvalue weighted by Gasteiger charge is 2.50. The highest BCUT2D eigenvalue weighted by molar-refractivity contribution is 8.15. The topological polar surface area (TPSA) is 106 Å². The summed E-state index contributed by atoms with van der Waals surface area (Å²) in [5, 5.41) is 33.6. The number of unbranched alkanes of at least 4 members (excludes halogenated alkanes) is 3. The number of aliphatic carboxylic acids is 1. The van der Waals surface area contributed by atoms with Gasteiger partial charge in [0.15, 0.2) is 5.54 Å². The molecule has 1 aromatic rings. The molecule has 0 unspecified atom stereocenters. The number of aliphatic hydroxyl groups is 1. The largest absolute Gasteiger partial charge is 0.507 e. The van der Waals surface area contributed by atoms with Gasteiger partial charge in [0.2, 0.25) is 0 Å². The van der Waals surface area contributed by atoms with E-state index >= 15 is 0 Å². The van der Waals surface area contributed by atoms with Crippen molar-refractivity contribution in [2.24, 2.45) is 15.4 Å². The van der Waals surface area contributed by atoms with Gasteiger partial charge in [0, 0.05) is 28.7 Å². The number of carboxylic acids is 1. The van der Waals surface area contributed by atoms with Gasteiger partial charge in [-0.05, 0) is 38.4 Å². The second-order valence-corrected chi connectivity index (χ2v) is 14.5. The van der Waals surface area contributed by atoms with Crippen LogP contribution in [0.5, 0.6) is 5.75 Å². The number of aryl methyl sites for hydroxylation is 1. The van der Waals surface area contributed by atoms with Crippen molar-refractivity contribution in [3.63, 3.8) is 0 Å². The Morgan fingerprint density at radius 1 is 1.24 bits per heavy atom. The third-order valence-electron chi connectivity index (χ3n) is 7.96. The number of hydrogen-bond donors (Lipinski definition) is 3. The number of aliphatic hydroxyl groups excluding tert-OH is 1. The zero-order valence-corrected chi connectivity index (χ0v) is 25.5. The van der Waals surface area contributed by atoms with Gasteiger partial charge in [-0.15, -0.1) is 35.3 Å². The summed E-state index contributed by atoms with van der Waals surface area (Å²) in [6.07, 6.45) is 4.97. The van der Waals surface area contributed by atoms with Crippen LogP contribution in [0.4, 0.5) is 0 Å². The van der Waals surface area contributed by atoms with Crippen LogP contribution in [0, 0.1) is 5.41 Å². The Morgan fingerprint density at radius 2 is 2.00 bits per heavy atom. The molecule has 0 aromatic heterocycles. The van der Waals surface area contributed by atoms with Crippen LogP contribution in [-0.2, 0) is 11.2 Å². The Hall–Kier alpha value is -1.20. The molecule has 10 heteroatoms. The highest BCUT2D eigenvalue weighted by Crippen LogP contribution is 2.44. The Balaban J connectivity index is 1.47. The van der Waals surface area contributed by atoms with Crippen LogP contribution in [0.25, 0.3) is 0 Å². The molecule has 0 aliphatic carbocycles. The van der Waals surface area contributed by atoms with E-state index in [2.05, 4.69) is 29.9 Å². The minimum absolute atomic E-state index is 0.0614. The van der Waals surface area contributed by atoms with E-state index in [0.717, 1.165) is 35.0 Å². The highest BCUT2D eigenvalue weighted by atomic mass is 32.2. The van der Waals surface area contributed by atoms with Crippen molar-refractivity contribution in [2.75, 3.05) is 24.3 Å². The molecule has 0 amide bonds. The summed E-state index contributed by atoms with van der Waals surface area (Å²) in [6, 6.07) is 5.76. The van der Waals surface area contributed by atoms with Gasteiger partial charge in [-0.25, -0.2) is 4.79 Å². The molecule has 1 saturated heterocycles. The molecule has 5 atom stereocenters. The van der Waals surface area contributed by atoms with Crippen molar-refractivity contribution < 1.29 is 20.1 Å². The van der Waals surface area contributed by atoms with Gasteiger partial charge in [-0.3, -0.25) is 14.9 Å². The maximum Gasteiger partial charge on any atom is 0.332 e. The summed E-state index contributed by atoms with van der Waals surface area (Å²) in [4.78, 5) is 23.6. The van der Waals surface area contributed by atoms with Gasteiger partial charge < -0.3 is 15.3 Å². The van der Waals surface area contributed by atoms with Crippen molar-refractivity contribution in [3.8, 4) is 5.75 Å². The minimum Gasteiger partial charge on any atom is -0.507 e. The monoisotopic (exact) mass is 579 g/mol. The van der Waals surface area contributed by atoms with Gasteiger partial charge in [0.1, 0.15) is 10.8 Å². The Kier molecular flexibility index (Phi) is 9.50. The van der Waals surface area contributed by atoms with E-state index in [1.807, 2.05) is 31.7 Å². The predicted molar refractivity (Wildman–Crippen MR) is 162 cm³/mol. The van der Waals surface area contributed by atoms with Gasteiger partial charge in [-0.1, -0.05) is 52.2 Å². The van der Waals surface area contributed by atoms with E-state index in [1.165, 1.54) is 36.6 Å². The predicted octanol–water partition coefficient (Wildman–Crippen LogP) is 5.13. The smallest absolute Gasteiger partial charge is 0.332 e. The van der Waals surface area contributed by atoms with Crippen molar-refractivity contribution in [3.05, 3.63) is 29.3 Å². The molecular formula is C28H41N3O4S3. The molecule has 0 saturated carbocycles. The number of nitrogens with zero attached hydrogens (tertiary/aromatic N) is 3. The molecule has 3 aliphatic rings. The average Bonchev–Trinajstić information content (AvgIpc) is 3.60. The molecule has 4 rings (SSSR count). The molecular weight excluding hydrogens is 539 g/mol. The maximum atomic E-state index is 11.7. The minimum atomic E-state index is -1.14. The van der Waals surface area contributed by atoms with Crippen LogP contribution in [-0.4, -0.2) is 89.7 Å². The second-order valence-electron chi connectivity index (χ2n) is 11.3. The summed E-state index contributed by atoms with van der Waals surface area (Å²) in [6.45, 7) is 7.78. The third kappa shape index (κ3) is 5.94. The first-order chi connectivity index (χ1) is 18.0. The molecule has 210 valence electrons. The summed E-state index contributed by atoms with van der Waals surface area (Å²) >= 11 is 4.97. The van der Waals surface area contributed by atoms with Crippen LogP contribution < -0.4 is 0 Å². The lowest BCUT2D eigenvalue weighted by atomic mass is 9.83. The van der Waals surface area contributed by atoms with Crippen molar-refractivity contribution in [2.45, 2.75) is 88.9 Å². The molecule has 7 nitrogen and oxygen atoms in total. The number of benzene rings is 1. The van der Waals surface area contributed by atoms with Crippen LogP contribution in [0.1, 0.15) is 64.5 Å². The van der Waals surface area contributed by atoms with Crippen molar-refractivity contribution in [1.29, 1.82) is 0 Å². The number of phenolic OH excluding ortho intramolecular Hbond substituents is 1. The van der Waals surface area contributed by atoms with Crippen LogP contribution in [0.3, 0.4) is 0 Å². The van der Waals surface area contributed by atoms with E-state index in [1.54, 1.807) is 24.8 Å². The molecule has 3 aliphatic heterocycles. The Labute approximate surface area is 239 Å². The fraction of sp³-hybridized carbons (Fsp3) is 0.679. The fourth-order valence-electron chi connectivity index (χ4n) is 5.32. The number of thioether (sulfide) groups is 3. The maximum absolute atomic E-state index is 11.7. The van der Waals surface area contributed by atoms with Gasteiger partial charge in [0.05, 0.1) is 28.1 Å². The molecule has 3 heterocycles. The van der Waals surface area contributed by atoms with E-state index < -0.39 is 23.0 Å². The quantitative estimate of drug-likeness (QED) is 0.310. The zero-order valence-electron chi connectivity index (χ0n) is 23.0. The molecule has 0 radical (unpaired) electrons. The molecule has 0 spiro atoms. The van der Waals surface area contributed by atoms with E-state index in [9.17, 15) is 20.1 Å². The first-order valence-corrected chi connectivity index (χ1v) is 16.5. The first-order valence-electron chi connectivity index (χ1n) is 13.5. The fourth-order valence-corrected chi connectivity index (χ4v) is 9.56. The molecule has 3 N–H and O–H groups in total. The number of carboxylic acid groups (broad SMARTS) is 1. The lowest BCUT2D eigenvalue weighted by Crippen LogP contribution is -2.51. The Bertz CT molecular complexity index is 1100. The number of aliphatic imine (C=N–C) groups is 2. The average molecular weight is 580 g/mol. The van der Waals surface area contributed by atoms with Gasteiger partial charge in [-0.2, -0.15) is 0 Å². The van der Waals surface area contributed by atoms with Crippen molar-refractivity contribution >= 4 is 51.3 Å². The second kappa shape index (κ2) is 12.1. The number of phenols is 1. The summed E-state index contributed by atoms with van der Waals surface area (Å²) in [5.41, 5.74) is 0.254. The third-order valence-corrected chi connectivity index (χ3v) is 12.2. The summed E-state index contributed by atoms with van der Waals surface area (Å²) in [7, 11) is 2.05. The summed E-state index contributed by atoms with van der Waals surface area (Å²) in [5.74, 6) is 1.36. The molecule has 38 heavy (non-hydrogen) atoms. The number of rotatable bonds is 11. The summed E-state index contributed by atoms with van der Waals surface area (Å²) < 4.78 is 0. The molecule has 1 fully saturated rings. The normalized spacial score (nSPS) is 28.9. The lowest BCUT2D eigenvalue weighted by Gasteiger charge is -2.38. The van der Waals surface area contributed by atoms with E-state index in [4.69, 9.17) is 4.99 Å². The SMILES string of the molecule is CCCCCCc1cccc(O)c1C1=N[C@@H]([C@H]2SC[C@@H]([C@@H](O)C(C)(C)C3=N[C@@](C)(C(=O)O)CS3)N2C)CS1.